The topological polar surface area (TPSA) is 67.4 Å². The van der Waals surface area contributed by atoms with E-state index in [4.69, 9.17) is 4.74 Å². The first kappa shape index (κ1) is 17.1. The minimum absolute atomic E-state index is 0.0286. The molecule has 5 nitrogen and oxygen atoms in total. The fourth-order valence-electron chi connectivity index (χ4n) is 2.44. The van der Waals surface area contributed by atoms with Crippen molar-refractivity contribution in [2.24, 2.45) is 5.41 Å². The van der Waals surface area contributed by atoms with Gasteiger partial charge >= 0.3 is 0 Å². The average molecular weight is 316 g/mol. The third kappa shape index (κ3) is 5.13. The average Bonchev–Trinajstić information content (AvgIpc) is 2.49. The lowest BCUT2D eigenvalue weighted by molar-refractivity contribution is -0.122. The normalized spacial score (nSPS) is 23.5. The van der Waals surface area contributed by atoms with Gasteiger partial charge in [0.25, 0.3) is 5.91 Å². The van der Waals surface area contributed by atoms with Crippen LogP contribution in [0, 0.1) is 5.41 Å². The van der Waals surface area contributed by atoms with E-state index in [1.165, 1.54) is 0 Å². The largest absolute Gasteiger partial charge is 0.489 e. The third-order valence-electron chi connectivity index (χ3n) is 3.63. The molecule has 1 aliphatic rings. The standard InChI is InChI=1S/C18H24N2O3/c1-13-12-19-16(21)11-18(2,3)9-6-10-23-15-8-5-4-7-14(15)17(22)20-13/h4-9,13H,10-12H2,1-3H3,(H,19,21)(H,20,22)/b9-6+/t13-/m0/s1. The Balaban J connectivity index is 2.24. The number of ether oxygens (including phenoxy) is 1. The van der Waals surface area contributed by atoms with Crippen molar-refractivity contribution in [3.8, 4) is 5.75 Å². The van der Waals surface area contributed by atoms with Gasteiger partial charge in [0, 0.05) is 19.0 Å². The smallest absolute Gasteiger partial charge is 0.255 e. The Morgan fingerprint density at radius 2 is 1.96 bits per heavy atom. The lowest BCUT2D eigenvalue weighted by atomic mass is 9.88. The molecule has 0 spiro atoms. The molecule has 0 saturated carbocycles. The first-order valence-corrected chi connectivity index (χ1v) is 7.84. The highest BCUT2D eigenvalue weighted by Crippen LogP contribution is 2.23. The lowest BCUT2D eigenvalue weighted by Gasteiger charge is -2.22. The van der Waals surface area contributed by atoms with E-state index in [9.17, 15) is 9.59 Å². The molecule has 1 aromatic carbocycles. The van der Waals surface area contributed by atoms with Gasteiger partial charge in [0.2, 0.25) is 5.91 Å². The van der Waals surface area contributed by atoms with Crippen LogP contribution >= 0.6 is 0 Å². The van der Waals surface area contributed by atoms with E-state index in [1.807, 2.05) is 39.0 Å². The molecule has 0 fully saturated rings. The first-order chi connectivity index (χ1) is 10.9. The fraction of sp³-hybridized carbons (Fsp3) is 0.444. The van der Waals surface area contributed by atoms with Crippen LogP contribution in [-0.2, 0) is 4.79 Å². The molecule has 2 amide bonds. The molecule has 1 aliphatic heterocycles. The fourth-order valence-corrected chi connectivity index (χ4v) is 2.44. The van der Waals surface area contributed by atoms with Crippen LogP contribution in [0.2, 0.25) is 0 Å². The Kier molecular flexibility index (Phi) is 5.42. The molecule has 2 rings (SSSR count). The van der Waals surface area contributed by atoms with Crippen LogP contribution in [-0.4, -0.2) is 31.0 Å². The Bertz CT molecular complexity index is 608. The summed E-state index contributed by atoms with van der Waals surface area (Å²) >= 11 is 0. The third-order valence-corrected chi connectivity index (χ3v) is 3.63. The van der Waals surface area contributed by atoms with Gasteiger partial charge < -0.3 is 15.4 Å². The highest BCUT2D eigenvalue weighted by Gasteiger charge is 2.20. The van der Waals surface area contributed by atoms with E-state index < -0.39 is 0 Å². The summed E-state index contributed by atoms with van der Waals surface area (Å²) in [5, 5.41) is 5.75. The summed E-state index contributed by atoms with van der Waals surface area (Å²) in [6.45, 7) is 6.62. The number of hydrogen-bond acceptors (Lipinski definition) is 3. The van der Waals surface area contributed by atoms with Crippen molar-refractivity contribution in [3.63, 3.8) is 0 Å². The van der Waals surface area contributed by atoms with Crippen molar-refractivity contribution >= 4 is 11.8 Å². The van der Waals surface area contributed by atoms with Gasteiger partial charge in [-0.2, -0.15) is 0 Å². The predicted molar refractivity (Wildman–Crippen MR) is 89.4 cm³/mol. The molecule has 23 heavy (non-hydrogen) atoms. The maximum Gasteiger partial charge on any atom is 0.255 e. The zero-order chi connectivity index (χ0) is 16.9. The Labute approximate surface area is 137 Å². The number of para-hydroxylation sites is 1. The van der Waals surface area contributed by atoms with Gasteiger partial charge in [0.1, 0.15) is 12.4 Å². The van der Waals surface area contributed by atoms with Crippen molar-refractivity contribution in [3.05, 3.63) is 42.0 Å². The molecule has 2 N–H and O–H groups in total. The summed E-state index contributed by atoms with van der Waals surface area (Å²) in [6, 6.07) is 6.99. The van der Waals surface area contributed by atoms with Crippen LogP contribution in [0.5, 0.6) is 5.75 Å². The minimum atomic E-state index is -0.246. The molecule has 1 aromatic rings. The summed E-state index contributed by atoms with van der Waals surface area (Å²) in [5.41, 5.74) is 0.249. The van der Waals surface area contributed by atoms with Crippen LogP contribution in [0.3, 0.4) is 0 Å². The minimum Gasteiger partial charge on any atom is -0.489 e. The predicted octanol–water partition coefficient (Wildman–Crippen LogP) is 2.29. The molecule has 1 heterocycles. The number of rotatable bonds is 0. The van der Waals surface area contributed by atoms with Crippen molar-refractivity contribution in [2.75, 3.05) is 13.2 Å². The molecular formula is C18H24N2O3. The van der Waals surface area contributed by atoms with Crippen molar-refractivity contribution < 1.29 is 14.3 Å². The summed E-state index contributed by atoms with van der Waals surface area (Å²) in [7, 11) is 0. The molecule has 1 atom stereocenters. The maximum absolute atomic E-state index is 12.3. The number of benzene rings is 1. The molecule has 0 saturated heterocycles. The maximum atomic E-state index is 12.3. The highest BCUT2D eigenvalue weighted by molar-refractivity contribution is 5.97. The number of allylic oxidation sites excluding steroid dienone is 1. The zero-order valence-electron chi connectivity index (χ0n) is 13.9. The van der Waals surface area contributed by atoms with Crippen LogP contribution < -0.4 is 15.4 Å². The number of nitrogens with one attached hydrogen (secondary N) is 2. The summed E-state index contributed by atoms with van der Waals surface area (Å²) in [5.74, 6) is 0.323. The van der Waals surface area contributed by atoms with E-state index >= 15 is 0 Å². The Morgan fingerprint density at radius 1 is 1.22 bits per heavy atom. The van der Waals surface area contributed by atoms with E-state index in [0.29, 0.717) is 30.9 Å². The Morgan fingerprint density at radius 3 is 2.74 bits per heavy atom. The summed E-state index contributed by atoms with van der Waals surface area (Å²) in [6.07, 6.45) is 4.25. The van der Waals surface area contributed by atoms with Crippen molar-refractivity contribution in [1.29, 1.82) is 0 Å². The van der Waals surface area contributed by atoms with Gasteiger partial charge in [0.05, 0.1) is 5.56 Å². The molecule has 0 aliphatic carbocycles. The van der Waals surface area contributed by atoms with Gasteiger partial charge in [0.15, 0.2) is 0 Å². The SMILES string of the molecule is C[C@H]1CNC(=O)CC(C)(C)/C=C/COc2ccccc2C(=O)N1. The van der Waals surface area contributed by atoms with Crippen LogP contribution in [0.15, 0.2) is 36.4 Å². The number of carbonyl (C=O) groups excluding carboxylic acids is 2. The van der Waals surface area contributed by atoms with Crippen LogP contribution in [0.4, 0.5) is 0 Å². The monoisotopic (exact) mass is 316 g/mol. The second-order valence-corrected chi connectivity index (χ2v) is 6.55. The molecule has 0 unspecified atom stereocenters. The number of amides is 2. The van der Waals surface area contributed by atoms with Crippen molar-refractivity contribution in [2.45, 2.75) is 33.2 Å². The van der Waals surface area contributed by atoms with Gasteiger partial charge in [-0.05, 0) is 24.5 Å². The van der Waals surface area contributed by atoms with E-state index in [1.54, 1.807) is 18.2 Å². The van der Waals surface area contributed by atoms with Crippen LogP contribution in [0.25, 0.3) is 0 Å². The highest BCUT2D eigenvalue weighted by atomic mass is 16.5. The van der Waals surface area contributed by atoms with Crippen LogP contribution in [0.1, 0.15) is 37.6 Å². The second kappa shape index (κ2) is 7.31. The molecule has 5 heteroatoms. The number of fused-ring (bicyclic) bond motifs is 1. The quantitative estimate of drug-likeness (QED) is 0.722. The molecule has 0 radical (unpaired) electrons. The van der Waals surface area contributed by atoms with Gasteiger partial charge in [-0.1, -0.05) is 38.1 Å². The van der Waals surface area contributed by atoms with E-state index in [-0.39, 0.29) is 23.3 Å². The zero-order valence-corrected chi connectivity index (χ0v) is 13.9. The lowest BCUT2D eigenvalue weighted by Crippen LogP contribution is -2.42. The summed E-state index contributed by atoms with van der Waals surface area (Å²) in [4.78, 5) is 24.4. The van der Waals surface area contributed by atoms with Gasteiger partial charge in [-0.25, -0.2) is 0 Å². The first-order valence-electron chi connectivity index (χ1n) is 7.84. The van der Waals surface area contributed by atoms with Gasteiger partial charge in [-0.3, -0.25) is 9.59 Å². The second-order valence-electron chi connectivity index (χ2n) is 6.55. The van der Waals surface area contributed by atoms with E-state index in [0.717, 1.165) is 0 Å². The number of hydrogen-bond donors (Lipinski definition) is 2. The molecule has 124 valence electrons. The molecule has 0 aromatic heterocycles. The number of carbonyl (C=O) groups is 2. The van der Waals surface area contributed by atoms with Gasteiger partial charge in [-0.15, -0.1) is 0 Å². The van der Waals surface area contributed by atoms with E-state index in [2.05, 4.69) is 10.6 Å². The Hall–Kier alpha value is -2.30. The van der Waals surface area contributed by atoms with Crippen molar-refractivity contribution in [1.82, 2.24) is 10.6 Å². The molecular weight excluding hydrogens is 292 g/mol. The molecule has 0 bridgehead atoms. The summed E-state index contributed by atoms with van der Waals surface area (Å²) < 4.78 is 5.71.